The normalized spacial score (nSPS) is 9.67. The number of amides is 1. The lowest BCUT2D eigenvalue weighted by Crippen LogP contribution is -2.23. The lowest BCUT2D eigenvalue weighted by atomic mass is 10.1. The van der Waals surface area contributed by atoms with Gasteiger partial charge in [0.25, 0.3) is 5.91 Å². The van der Waals surface area contributed by atoms with Crippen molar-refractivity contribution in [3.8, 4) is 5.75 Å². The summed E-state index contributed by atoms with van der Waals surface area (Å²) in [5, 5.41) is 3.46. The Labute approximate surface area is 134 Å². The fourth-order valence-corrected chi connectivity index (χ4v) is 2.30. The van der Waals surface area contributed by atoms with E-state index in [1.54, 1.807) is 37.7 Å². The van der Waals surface area contributed by atoms with Crippen LogP contribution >= 0.6 is 24.0 Å². The molecule has 2 rings (SSSR count). The van der Waals surface area contributed by atoms with E-state index >= 15 is 0 Å². The second kappa shape index (κ2) is 7.86. The summed E-state index contributed by atoms with van der Waals surface area (Å²) < 4.78 is 5.35. The minimum absolute atomic E-state index is 0. The highest BCUT2D eigenvalue weighted by Crippen LogP contribution is 2.27. The third-order valence-electron chi connectivity index (χ3n) is 2.90. The second-order valence-corrected chi connectivity index (χ2v) is 4.77. The van der Waals surface area contributed by atoms with Crippen LogP contribution in [0.5, 0.6) is 5.75 Å². The molecular formula is C15H16Cl2N2O2. The first kappa shape index (κ1) is 17.3. The quantitative estimate of drug-likeness (QED) is 0.936. The highest BCUT2D eigenvalue weighted by molar-refractivity contribution is 6.30. The van der Waals surface area contributed by atoms with Crippen molar-refractivity contribution in [2.75, 3.05) is 7.11 Å². The van der Waals surface area contributed by atoms with E-state index in [1.165, 1.54) is 0 Å². The van der Waals surface area contributed by atoms with Crippen LogP contribution in [-0.2, 0) is 6.54 Å². The van der Waals surface area contributed by atoms with E-state index in [9.17, 15) is 4.79 Å². The summed E-state index contributed by atoms with van der Waals surface area (Å²) in [6.07, 6.45) is 3.16. The fraction of sp³-hybridized carbons (Fsp3) is 0.200. The molecule has 0 aliphatic carbocycles. The second-order valence-electron chi connectivity index (χ2n) is 4.33. The maximum atomic E-state index is 12.0. The number of carbonyl (C=O) groups is 1. The van der Waals surface area contributed by atoms with Crippen molar-refractivity contribution in [1.29, 1.82) is 0 Å². The van der Waals surface area contributed by atoms with Crippen molar-refractivity contribution in [1.82, 2.24) is 10.3 Å². The van der Waals surface area contributed by atoms with Gasteiger partial charge in [-0.15, -0.1) is 12.4 Å². The highest BCUT2D eigenvalue weighted by atomic mass is 35.5. The van der Waals surface area contributed by atoms with E-state index in [4.69, 9.17) is 16.3 Å². The van der Waals surface area contributed by atoms with E-state index < -0.39 is 0 Å². The number of hydrogen-bond acceptors (Lipinski definition) is 3. The maximum Gasteiger partial charge on any atom is 0.251 e. The van der Waals surface area contributed by atoms with Gasteiger partial charge in [0.2, 0.25) is 0 Å². The number of carbonyl (C=O) groups excluding carboxylic acids is 1. The average Bonchev–Trinajstić information content (AvgIpc) is 2.45. The molecule has 1 aromatic heterocycles. The Balaban J connectivity index is 0.00000220. The number of pyridine rings is 1. The molecule has 0 bridgehead atoms. The lowest BCUT2D eigenvalue weighted by Gasteiger charge is -2.13. The monoisotopic (exact) mass is 326 g/mol. The number of methoxy groups -OCH3 is 1. The van der Waals surface area contributed by atoms with Gasteiger partial charge in [-0.1, -0.05) is 11.6 Å². The van der Waals surface area contributed by atoms with Crippen molar-refractivity contribution in [3.63, 3.8) is 0 Å². The number of halogens is 2. The van der Waals surface area contributed by atoms with E-state index in [0.29, 0.717) is 17.1 Å². The summed E-state index contributed by atoms with van der Waals surface area (Å²) in [6.45, 7) is 2.27. The molecule has 0 atom stereocenters. The van der Waals surface area contributed by atoms with Crippen molar-refractivity contribution < 1.29 is 9.53 Å². The standard InChI is InChI=1S/C15H15ClN2O2.ClH/c1-10-7-13(16)8-12(14(10)20-2)9-18-15(19)11-3-5-17-6-4-11;/h3-8H,9H2,1-2H3,(H,18,19);1H. The van der Waals surface area contributed by atoms with Crippen LogP contribution in [0.4, 0.5) is 0 Å². The van der Waals surface area contributed by atoms with Crippen LogP contribution in [0.15, 0.2) is 36.7 Å². The molecule has 1 heterocycles. The van der Waals surface area contributed by atoms with Gasteiger partial charge in [0.1, 0.15) is 5.75 Å². The van der Waals surface area contributed by atoms with Gasteiger partial charge in [0, 0.05) is 35.1 Å². The number of benzene rings is 1. The highest BCUT2D eigenvalue weighted by Gasteiger charge is 2.10. The zero-order valence-electron chi connectivity index (χ0n) is 11.7. The molecule has 0 saturated heterocycles. The van der Waals surface area contributed by atoms with E-state index in [2.05, 4.69) is 10.3 Å². The molecule has 0 spiro atoms. The Morgan fingerprint density at radius 1 is 1.33 bits per heavy atom. The predicted octanol–water partition coefficient (Wildman–Crippen LogP) is 3.40. The van der Waals surface area contributed by atoms with Crippen LogP contribution in [0, 0.1) is 6.92 Å². The van der Waals surface area contributed by atoms with Gasteiger partial charge in [-0.25, -0.2) is 0 Å². The zero-order valence-corrected chi connectivity index (χ0v) is 13.3. The first-order valence-corrected chi connectivity index (χ1v) is 6.51. The molecule has 6 heteroatoms. The smallest absolute Gasteiger partial charge is 0.251 e. The minimum atomic E-state index is -0.160. The Hall–Kier alpha value is -1.78. The van der Waals surface area contributed by atoms with Gasteiger partial charge < -0.3 is 10.1 Å². The number of aryl methyl sites for hydroxylation is 1. The van der Waals surface area contributed by atoms with Crippen molar-refractivity contribution in [2.24, 2.45) is 0 Å². The van der Waals surface area contributed by atoms with E-state index in [1.807, 2.05) is 13.0 Å². The Morgan fingerprint density at radius 2 is 2.00 bits per heavy atom. The summed E-state index contributed by atoms with van der Waals surface area (Å²) >= 11 is 6.03. The Morgan fingerprint density at radius 3 is 2.62 bits per heavy atom. The first-order chi connectivity index (χ1) is 9.61. The molecule has 1 N–H and O–H groups in total. The lowest BCUT2D eigenvalue weighted by molar-refractivity contribution is 0.0950. The van der Waals surface area contributed by atoms with Crippen LogP contribution in [0.3, 0.4) is 0 Å². The predicted molar refractivity (Wildman–Crippen MR) is 85.4 cm³/mol. The third-order valence-corrected chi connectivity index (χ3v) is 3.12. The number of aromatic nitrogens is 1. The van der Waals surface area contributed by atoms with Crippen molar-refractivity contribution in [3.05, 3.63) is 58.4 Å². The number of hydrogen-bond donors (Lipinski definition) is 1. The Kier molecular flexibility index (Phi) is 6.46. The Bertz CT molecular complexity index is 619. The van der Waals surface area contributed by atoms with Gasteiger partial charge in [-0.3, -0.25) is 9.78 Å². The molecule has 0 aliphatic rings. The topological polar surface area (TPSA) is 51.2 Å². The number of rotatable bonds is 4. The van der Waals surface area contributed by atoms with Crippen molar-refractivity contribution >= 4 is 29.9 Å². The fourth-order valence-electron chi connectivity index (χ4n) is 2.00. The molecular weight excluding hydrogens is 311 g/mol. The average molecular weight is 327 g/mol. The molecule has 2 aromatic rings. The van der Waals surface area contributed by atoms with Crippen LogP contribution in [0.2, 0.25) is 5.02 Å². The first-order valence-electron chi connectivity index (χ1n) is 6.13. The van der Waals surface area contributed by atoms with E-state index in [-0.39, 0.29) is 18.3 Å². The molecule has 21 heavy (non-hydrogen) atoms. The maximum absolute atomic E-state index is 12.0. The van der Waals surface area contributed by atoms with Gasteiger partial charge in [-0.2, -0.15) is 0 Å². The SMILES string of the molecule is COc1c(C)cc(Cl)cc1CNC(=O)c1ccncc1.Cl. The molecule has 1 aromatic carbocycles. The molecule has 0 saturated carbocycles. The molecule has 0 radical (unpaired) electrons. The minimum Gasteiger partial charge on any atom is -0.496 e. The molecule has 0 aliphatic heterocycles. The van der Waals surface area contributed by atoms with Crippen LogP contribution in [-0.4, -0.2) is 18.0 Å². The van der Waals surface area contributed by atoms with Crippen LogP contribution < -0.4 is 10.1 Å². The number of ether oxygens (including phenoxy) is 1. The number of nitrogens with zero attached hydrogens (tertiary/aromatic N) is 1. The number of nitrogens with one attached hydrogen (secondary N) is 1. The molecule has 4 nitrogen and oxygen atoms in total. The largest absolute Gasteiger partial charge is 0.496 e. The molecule has 0 unspecified atom stereocenters. The molecule has 0 fully saturated rings. The molecule has 1 amide bonds. The van der Waals surface area contributed by atoms with Gasteiger partial charge in [-0.05, 0) is 36.8 Å². The van der Waals surface area contributed by atoms with Gasteiger partial charge in [0.05, 0.1) is 7.11 Å². The zero-order chi connectivity index (χ0) is 14.5. The van der Waals surface area contributed by atoms with Crippen LogP contribution in [0.1, 0.15) is 21.5 Å². The van der Waals surface area contributed by atoms with Gasteiger partial charge in [0.15, 0.2) is 0 Å². The summed E-state index contributed by atoms with van der Waals surface area (Å²) in [7, 11) is 1.60. The summed E-state index contributed by atoms with van der Waals surface area (Å²) in [6, 6.07) is 6.94. The van der Waals surface area contributed by atoms with Crippen LogP contribution in [0.25, 0.3) is 0 Å². The summed E-state index contributed by atoms with van der Waals surface area (Å²) in [4.78, 5) is 15.9. The van der Waals surface area contributed by atoms with Gasteiger partial charge >= 0.3 is 0 Å². The summed E-state index contributed by atoms with van der Waals surface area (Å²) in [5.41, 5.74) is 2.35. The summed E-state index contributed by atoms with van der Waals surface area (Å²) in [5.74, 6) is 0.580. The molecule has 112 valence electrons. The van der Waals surface area contributed by atoms with Crippen molar-refractivity contribution in [2.45, 2.75) is 13.5 Å². The third kappa shape index (κ3) is 4.34. The van der Waals surface area contributed by atoms with E-state index in [0.717, 1.165) is 16.9 Å².